The highest BCUT2D eigenvalue weighted by atomic mass is 16.5. The quantitative estimate of drug-likeness (QED) is 0.143. The predicted molar refractivity (Wildman–Crippen MR) is 223 cm³/mol. The Morgan fingerprint density at radius 1 is 1.13 bits per heavy atom. The lowest BCUT2D eigenvalue weighted by atomic mass is 9.56. The third kappa shape index (κ3) is 9.10. The Kier molecular flexibility index (Phi) is 13.4. The van der Waals surface area contributed by atoms with E-state index in [2.05, 4.69) is 82.1 Å². The number of hydrogen-bond donors (Lipinski definition) is 2. The fraction of sp³-hybridized carbons (Fsp3) is 0.729. The summed E-state index contributed by atoms with van der Waals surface area (Å²) in [5, 5.41) is 13.7. The lowest BCUT2D eigenvalue weighted by Crippen LogP contribution is -2.56. The van der Waals surface area contributed by atoms with Crippen molar-refractivity contribution in [3.63, 3.8) is 0 Å². The molecule has 7 nitrogen and oxygen atoms in total. The summed E-state index contributed by atoms with van der Waals surface area (Å²) in [7, 11) is 0. The van der Waals surface area contributed by atoms with Crippen molar-refractivity contribution in [2.75, 3.05) is 32.8 Å². The number of aliphatic hydroxyl groups is 1. The summed E-state index contributed by atoms with van der Waals surface area (Å²) < 4.78 is 8.71. The van der Waals surface area contributed by atoms with Gasteiger partial charge < -0.3 is 15.2 Å². The molecular weight excluding hydrogens is 683 g/mol. The molecule has 0 aromatic heterocycles. The Bertz CT molecular complexity index is 1610. The highest BCUT2D eigenvalue weighted by Crippen LogP contribution is 2.62. The number of aliphatic hydroxyl groups excluding tert-OH is 1. The molecule has 2 heterocycles. The first-order valence-corrected chi connectivity index (χ1v) is 22.0. The average Bonchev–Trinajstić information content (AvgIpc) is 3.54. The molecule has 11 atom stereocenters. The maximum atomic E-state index is 13.6. The van der Waals surface area contributed by atoms with Crippen LogP contribution in [0.3, 0.4) is 0 Å². The number of hydrogen-bond acceptors (Lipinski definition) is 5. The molecule has 0 spiro atoms. The number of carbonyl (C=O) groups is 2. The van der Waals surface area contributed by atoms with Crippen molar-refractivity contribution in [3.8, 4) is 0 Å². The van der Waals surface area contributed by atoms with Crippen LogP contribution in [0.25, 0.3) is 0 Å². The number of nitrogens with one attached hydrogen (secondary N) is 1. The van der Waals surface area contributed by atoms with Crippen LogP contribution in [0.15, 0.2) is 53.1 Å². The summed E-state index contributed by atoms with van der Waals surface area (Å²) in [5.41, 5.74) is 6.00. The smallest absolute Gasteiger partial charge is 0.389 e. The number of amides is 2. The van der Waals surface area contributed by atoms with Crippen LogP contribution in [-0.4, -0.2) is 83.6 Å². The van der Waals surface area contributed by atoms with Crippen LogP contribution in [0.4, 0.5) is 0 Å². The fourth-order valence-corrected chi connectivity index (χ4v) is 12.0. The minimum Gasteiger partial charge on any atom is -0.393 e. The molecule has 6 rings (SSSR count). The molecule has 3 fully saturated rings. The highest BCUT2D eigenvalue weighted by molar-refractivity contribution is 5.92. The van der Waals surface area contributed by atoms with Crippen molar-refractivity contribution < 1.29 is 24.0 Å². The van der Waals surface area contributed by atoms with Crippen molar-refractivity contribution >= 4 is 18.0 Å². The number of fused-ring (bicyclic) bond motifs is 6. The minimum absolute atomic E-state index is 0.0321. The summed E-state index contributed by atoms with van der Waals surface area (Å²) in [6, 6.07) is 10.7. The van der Waals surface area contributed by atoms with Gasteiger partial charge in [0, 0.05) is 25.7 Å². The number of rotatable bonds is 10. The van der Waals surface area contributed by atoms with E-state index in [0.717, 1.165) is 51.6 Å². The molecule has 11 unspecified atom stereocenters. The number of allylic oxidation sites excluding steroid dienone is 2. The number of benzene rings is 1. The van der Waals surface area contributed by atoms with Gasteiger partial charge in [0.25, 0.3) is 0 Å². The molecule has 3 aliphatic carbocycles. The summed E-state index contributed by atoms with van der Waals surface area (Å²) in [4.78, 5) is 29.7. The van der Waals surface area contributed by atoms with Gasteiger partial charge in [-0.15, -0.1) is 0 Å². The lowest BCUT2D eigenvalue weighted by Gasteiger charge is -2.49. The number of carbonyl (C=O) groups excluding carboxylic acids is 2. The van der Waals surface area contributed by atoms with Crippen LogP contribution in [0.1, 0.15) is 126 Å². The second-order valence-electron chi connectivity index (χ2n) is 19.6. The lowest BCUT2D eigenvalue weighted by molar-refractivity contribution is -0.446. The van der Waals surface area contributed by atoms with Gasteiger partial charge in [-0.3, -0.25) is 9.69 Å². The zero-order valence-electron chi connectivity index (χ0n) is 35.8. The van der Waals surface area contributed by atoms with Gasteiger partial charge in [0.2, 0.25) is 5.91 Å². The Labute approximate surface area is 333 Å². The van der Waals surface area contributed by atoms with E-state index in [1.807, 2.05) is 33.1 Å². The van der Waals surface area contributed by atoms with Crippen molar-refractivity contribution in [1.29, 1.82) is 0 Å². The van der Waals surface area contributed by atoms with E-state index in [-0.39, 0.29) is 40.8 Å². The zero-order valence-corrected chi connectivity index (χ0v) is 35.8. The van der Waals surface area contributed by atoms with Crippen LogP contribution >= 0.6 is 0 Å². The van der Waals surface area contributed by atoms with Gasteiger partial charge >= 0.3 is 5.91 Å². The Morgan fingerprint density at radius 3 is 2.60 bits per heavy atom. The van der Waals surface area contributed by atoms with E-state index in [0.29, 0.717) is 55.3 Å². The van der Waals surface area contributed by atoms with Crippen LogP contribution in [-0.2, 0) is 19.7 Å². The maximum absolute atomic E-state index is 13.6. The summed E-state index contributed by atoms with van der Waals surface area (Å²) in [6.45, 7) is 23.6. The molecule has 5 aliphatic rings. The van der Waals surface area contributed by atoms with E-state index >= 15 is 0 Å². The Balaban J connectivity index is 1.07. The van der Waals surface area contributed by atoms with Gasteiger partial charge in [-0.05, 0) is 137 Å². The average molecular weight is 757 g/mol. The van der Waals surface area contributed by atoms with Gasteiger partial charge in [-0.2, -0.15) is 4.58 Å². The third-order valence-corrected chi connectivity index (χ3v) is 15.1. The highest BCUT2D eigenvalue weighted by Gasteiger charge is 2.53. The molecule has 2 saturated carbocycles. The molecule has 304 valence electrons. The van der Waals surface area contributed by atoms with E-state index in [1.54, 1.807) is 10.1 Å². The number of nitrogens with zero attached hydrogens (tertiary/aromatic N) is 2. The van der Waals surface area contributed by atoms with Gasteiger partial charge in [-0.25, -0.2) is 4.79 Å². The molecule has 7 heteroatoms. The van der Waals surface area contributed by atoms with Crippen molar-refractivity contribution in [2.45, 2.75) is 144 Å². The first-order valence-electron chi connectivity index (χ1n) is 22.0. The molecule has 0 radical (unpaired) electrons. The van der Waals surface area contributed by atoms with E-state index < -0.39 is 5.92 Å². The van der Waals surface area contributed by atoms with Crippen LogP contribution in [0.5, 0.6) is 0 Å². The van der Waals surface area contributed by atoms with Gasteiger partial charge in [0.15, 0.2) is 6.21 Å². The first kappa shape index (κ1) is 42.0. The molecule has 2 aliphatic heterocycles. The Hall–Kier alpha value is -2.61. The number of ether oxygens (including phenoxy) is 1. The summed E-state index contributed by atoms with van der Waals surface area (Å²) in [6.07, 6.45) is 13.9. The second kappa shape index (κ2) is 17.5. The van der Waals surface area contributed by atoms with E-state index in [9.17, 15) is 14.7 Å². The molecule has 1 saturated heterocycles. The topological polar surface area (TPSA) is 81.9 Å². The fourth-order valence-electron chi connectivity index (χ4n) is 12.0. The third-order valence-electron chi connectivity index (χ3n) is 15.1. The molecule has 2 amide bonds. The van der Waals surface area contributed by atoms with Crippen molar-refractivity contribution in [1.82, 2.24) is 10.2 Å². The summed E-state index contributed by atoms with van der Waals surface area (Å²) >= 11 is 0. The molecule has 1 aromatic carbocycles. The van der Waals surface area contributed by atoms with Crippen molar-refractivity contribution in [2.24, 2.45) is 46.8 Å². The Morgan fingerprint density at radius 2 is 1.87 bits per heavy atom. The van der Waals surface area contributed by atoms with Crippen LogP contribution < -0.4 is 5.32 Å². The molecule has 55 heavy (non-hydrogen) atoms. The van der Waals surface area contributed by atoms with Gasteiger partial charge in [0.05, 0.1) is 24.7 Å². The SMILES string of the molecule is CC[N+](=CC(C)C(=O)NCCN1CC(C)CC2OCC(C)=C3CC4C(CC=C5CC(O)CCC54C)C3CCC(C)C21)C(=O)C(C)CC(C)(C)c1ccccc1. The maximum Gasteiger partial charge on any atom is 0.389 e. The largest absolute Gasteiger partial charge is 0.393 e. The van der Waals surface area contributed by atoms with Crippen molar-refractivity contribution in [3.05, 3.63) is 58.7 Å². The number of piperidine rings is 1. The molecule has 0 bridgehead atoms. The first-order chi connectivity index (χ1) is 26.1. The van der Waals surface area contributed by atoms with Gasteiger partial charge in [-0.1, -0.05) is 82.2 Å². The molecular formula is C48H74N3O4+. The van der Waals surface area contributed by atoms with Crippen LogP contribution in [0, 0.1) is 46.8 Å². The molecule has 2 N–H and O–H groups in total. The summed E-state index contributed by atoms with van der Waals surface area (Å²) in [5.74, 6) is 2.47. The zero-order chi connectivity index (χ0) is 39.7. The normalized spacial score (nSPS) is 34.4. The second-order valence-corrected chi connectivity index (χ2v) is 19.6. The van der Waals surface area contributed by atoms with E-state index in [1.165, 1.54) is 36.0 Å². The van der Waals surface area contributed by atoms with Gasteiger partial charge in [0.1, 0.15) is 12.5 Å². The standard InChI is InChI=1S/C48H73N3O4/c1-10-50(46(54)33(4)27-47(7,8)36-14-12-11-13-15-36)29-34(5)45(53)49-22-23-51-28-31(2)24-43-44(51)32(3)16-18-39-40-19-17-37-25-38(52)20-21-48(37,9)42(40)26-41(39)35(6)30-55-43/h11-15,17,29,31-34,38-40,42-44,52H,10,16,18-28,30H2,1-9H3/p+1. The minimum atomic E-state index is -0.409. The monoisotopic (exact) mass is 757 g/mol. The van der Waals surface area contributed by atoms with Crippen LogP contribution in [0.2, 0.25) is 0 Å². The predicted octanol–water partition coefficient (Wildman–Crippen LogP) is 8.35. The van der Waals surface area contributed by atoms with E-state index in [4.69, 9.17) is 4.74 Å². The number of likely N-dealkylation sites (tertiary alicyclic amines) is 1. The molecule has 1 aromatic rings.